The van der Waals surface area contributed by atoms with Crippen molar-refractivity contribution >= 4 is 75.1 Å². The van der Waals surface area contributed by atoms with Gasteiger partial charge in [-0.05, 0) is 100 Å². The van der Waals surface area contributed by atoms with Crippen LogP contribution in [0.25, 0.3) is 114 Å². The summed E-state index contributed by atoms with van der Waals surface area (Å²) in [7, 11) is 0. The minimum atomic E-state index is 0.269. The second kappa shape index (κ2) is 14.4. The Balaban J connectivity index is 0.907. The van der Waals surface area contributed by atoms with E-state index in [4.69, 9.17) is 0 Å². The zero-order valence-electron chi connectivity index (χ0n) is 34.4. The fraction of sp³-hybridized carbons (Fsp3) is 0.0333. The molecule has 0 saturated carbocycles. The van der Waals surface area contributed by atoms with Crippen LogP contribution in [0.2, 0.25) is 0 Å². The van der Waals surface area contributed by atoms with Gasteiger partial charge in [-0.1, -0.05) is 164 Å². The number of aromatic nitrogens is 2. The topological polar surface area (TPSA) is 9.86 Å². The number of benzene rings is 9. The molecule has 1 atom stereocenters. The summed E-state index contributed by atoms with van der Waals surface area (Å²) >= 11 is 1.87. The van der Waals surface area contributed by atoms with Crippen LogP contribution >= 0.6 is 11.3 Å². The Morgan fingerprint density at radius 1 is 0.381 bits per heavy atom. The molecule has 3 heterocycles. The molecule has 12 aromatic rings. The average Bonchev–Trinajstić information content (AvgIpc) is 4.02. The van der Waals surface area contributed by atoms with Gasteiger partial charge in [-0.3, -0.25) is 0 Å². The molecule has 9 aromatic carbocycles. The van der Waals surface area contributed by atoms with Gasteiger partial charge in [0.15, 0.2) is 0 Å². The van der Waals surface area contributed by atoms with Gasteiger partial charge in [-0.25, -0.2) is 0 Å². The maximum atomic E-state index is 2.56. The SMILES string of the molecule is C1=CCC(n2c3ccccc3c3cccc(-c4cccc(-c5ccc6sc7ccc(-c8cccc(-c9cccc%10c%11ccccc%11n(-c%11ccccc%11)c9%10)c8)cc7c6c5)c4)c32)C=C1. The minimum absolute atomic E-state index is 0.269. The Morgan fingerprint density at radius 3 is 1.56 bits per heavy atom. The Kier molecular flexibility index (Phi) is 8.25. The van der Waals surface area contributed by atoms with Gasteiger partial charge in [-0.15, -0.1) is 11.3 Å². The van der Waals surface area contributed by atoms with Crippen LogP contribution in [-0.4, -0.2) is 9.13 Å². The maximum absolute atomic E-state index is 2.56. The predicted molar refractivity (Wildman–Crippen MR) is 270 cm³/mol. The van der Waals surface area contributed by atoms with E-state index in [9.17, 15) is 0 Å². The molecule has 1 aliphatic carbocycles. The molecular weight excluding hydrogens is 781 g/mol. The van der Waals surface area contributed by atoms with Crippen LogP contribution in [0, 0.1) is 0 Å². The van der Waals surface area contributed by atoms with Gasteiger partial charge in [0.25, 0.3) is 0 Å². The summed E-state index contributed by atoms with van der Waals surface area (Å²) in [5, 5.41) is 7.73. The van der Waals surface area contributed by atoms with Crippen molar-refractivity contribution in [1.29, 1.82) is 0 Å². The maximum Gasteiger partial charge on any atom is 0.0619 e. The van der Waals surface area contributed by atoms with Crippen LogP contribution < -0.4 is 0 Å². The van der Waals surface area contributed by atoms with Crippen LogP contribution in [0.3, 0.4) is 0 Å². The molecule has 0 amide bonds. The van der Waals surface area contributed by atoms with E-state index in [1.54, 1.807) is 0 Å². The third kappa shape index (κ3) is 5.78. The second-order valence-electron chi connectivity index (χ2n) is 16.8. The molecular formula is C60H40N2S. The van der Waals surface area contributed by atoms with Crippen molar-refractivity contribution in [3.63, 3.8) is 0 Å². The van der Waals surface area contributed by atoms with E-state index < -0.39 is 0 Å². The van der Waals surface area contributed by atoms with Crippen molar-refractivity contribution in [2.24, 2.45) is 0 Å². The highest BCUT2D eigenvalue weighted by Crippen LogP contribution is 2.43. The summed E-state index contributed by atoms with van der Waals surface area (Å²) in [6.07, 6.45) is 9.97. The standard InChI is InChI=1S/C60H40N2S/c1-3-19-45(20-4-1)61-55-29-9-7-23-49(55)51-27-13-25-47(59(51)61)43-17-11-15-39(35-43)41-31-33-57-53(37-41)54-38-42(32-34-58(54)63-57)40-16-12-18-44(36-40)48-26-14-28-52-50-24-8-10-30-56(50)62(60(48)52)46-21-5-2-6-22-46/h1-21,23-38,46H,22H2. The molecule has 0 spiro atoms. The van der Waals surface area contributed by atoms with E-state index >= 15 is 0 Å². The van der Waals surface area contributed by atoms with E-state index in [0.717, 1.165) is 6.42 Å². The molecule has 0 fully saturated rings. The predicted octanol–water partition coefficient (Wildman–Crippen LogP) is 17.0. The lowest BCUT2D eigenvalue weighted by atomic mass is 9.95. The summed E-state index contributed by atoms with van der Waals surface area (Å²) in [5.74, 6) is 0. The first-order valence-electron chi connectivity index (χ1n) is 21.9. The zero-order chi connectivity index (χ0) is 41.4. The van der Waals surface area contributed by atoms with Crippen molar-refractivity contribution in [3.8, 4) is 50.2 Å². The van der Waals surface area contributed by atoms with Crippen LogP contribution in [0.4, 0.5) is 0 Å². The number of hydrogen-bond acceptors (Lipinski definition) is 1. The number of para-hydroxylation sites is 5. The first-order chi connectivity index (χ1) is 31.2. The molecule has 0 radical (unpaired) electrons. The van der Waals surface area contributed by atoms with Crippen LogP contribution in [-0.2, 0) is 0 Å². The molecule has 13 rings (SSSR count). The Labute approximate surface area is 369 Å². The number of nitrogens with zero attached hydrogens (tertiary/aromatic N) is 2. The fourth-order valence-corrected chi connectivity index (χ4v) is 11.4. The summed E-state index contributed by atoms with van der Waals surface area (Å²) in [5.41, 5.74) is 16.0. The Hall–Kier alpha value is -7.72. The van der Waals surface area contributed by atoms with Gasteiger partial charge in [0.2, 0.25) is 0 Å². The summed E-state index contributed by atoms with van der Waals surface area (Å²) in [6.45, 7) is 0. The highest BCUT2D eigenvalue weighted by molar-refractivity contribution is 7.25. The van der Waals surface area contributed by atoms with Gasteiger partial charge in [0.1, 0.15) is 0 Å². The molecule has 63 heavy (non-hydrogen) atoms. The fourth-order valence-electron chi connectivity index (χ4n) is 10.4. The quantitative estimate of drug-likeness (QED) is 0.158. The van der Waals surface area contributed by atoms with Gasteiger partial charge in [0.05, 0.1) is 22.6 Å². The normalized spacial score (nSPS) is 14.0. The van der Waals surface area contributed by atoms with Crippen LogP contribution in [0.5, 0.6) is 0 Å². The lowest BCUT2D eigenvalue weighted by Gasteiger charge is -2.20. The number of rotatable bonds is 6. The van der Waals surface area contributed by atoms with E-state index in [0.29, 0.717) is 0 Å². The Morgan fingerprint density at radius 2 is 0.905 bits per heavy atom. The summed E-state index contributed by atoms with van der Waals surface area (Å²) in [6, 6.07) is 74.5. The van der Waals surface area contributed by atoms with E-state index in [1.165, 1.54) is 114 Å². The van der Waals surface area contributed by atoms with Crippen molar-refractivity contribution in [2.75, 3.05) is 0 Å². The average molecular weight is 821 g/mol. The van der Waals surface area contributed by atoms with Gasteiger partial charge < -0.3 is 9.13 Å². The number of thiophene rings is 1. The largest absolute Gasteiger partial charge is 0.333 e. The number of allylic oxidation sites excluding steroid dienone is 4. The van der Waals surface area contributed by atoms with Gasteiger partial charge >= 0.3 is 0 Å². The molecule has 1 aliphatic rings. The second-order valence-corrected chi connectivity index (χ2v) is 17.9. The smallest absolute Gasteiger partial charge is 0.0619 e. The highest BCUT2D eigenvalue weighted by atomic mass is 32.1. The van der Waals surface area contributed by atoms with Crippen molar-refractivity contribution < 1.29 is 0 Å². The summed E-state index contributed by atoms with van der Waals surface area (Å²) in [4.78, 5) is 0. The summed E-state index contributed by atoms with van der Waals surface area (Å²) < 4.78 is 7.60. The first kappa shape index (κ1) is 36.0. The lowest BCUT2D eigenvalue weighted by Crippen LogP contribution is -2.07. The van der Waals surface area contributed by atoms with Gasteiger partial charge in [0, 0.05) is 64.0 Å². The minimum Gasteiger partial charge on any atom is -0.333 e. The highest BCUT2D eigenvalue weighted by Gasteiger charge is 2.21. The Bertz CT molecular complexity index is 3840. The van der Waals surface area contributed by atoms with E-state index in [1.807, 2.05) is 11.3 Å². The molecule has 1 unspecified atom stereocenters. The number of hydrogen-bond donors (Lipinski definition) is 0. The van der Waals surface area contributed by atoms with Crippen molar-refractivity contribution in [3.05, 3.63) is 224 Å². The molecule has 3 heteroatoms. The first-order valence-corrected chi connectivity index (χ1v) is 22.7. The molecule has 296 valence electrons. The van der Waals surface area contributed by atoms with Crippen molar-refractivity contribution in [1.82, 2.24) is 9.13 Å². The molecule has 0 bridgehead atoms. The lowest BCUT2D eigenvalue weighted by molar-refractivity contribution is 0.648. The van der Waals surface area contributed by atoms with Crippen molar-refractivity contribution in [2.45, 2.75) is 12.5 Å². The molecule has 2 nitrogen and oxygen atoms in total. The molecule has 0 saturated heterocycles. The van der Waals surface area contributed by atoms with Crippen LogP contribution in [0.15, 0.2) is 224 Å². The monoisotopic (exact) mass is 820 g/mol. The number of fused-ring (bicyclic) bond motifs is 9. The molecule has 3 aromatic heterocycles. The van der Waals surface area contributed by atoms with E-state index in [-0.39, 0.29) is 6.04 Å². The molecule has 0 aliphatic heterocycles. The third-order valence-corrected chi connectivity index (χ3v) is 14.4. The van der Waals surface area contributed by atoms with Gasteiger partial charge in [-0.2, -0.15) is 0 Å². The van der Waals surface area contributed by atoms with Crippen LogP contribution in [0.1, 0.15) is 12.5 Å². The van der Waals surface area contributed by atoms with E-state index in [2.05, 4.69) is 234 Å². The third-order valence-electron chi connectivity index (χ3n) is 13.2. The molecule has 0 N–H and O–H groups in total. The zero-order valence-corrected chi connectivity index (χ0v) is 35.3.